The molecule has 0 spiro atoms. The van der Waals surface area contributed by atoms with Gasteiger partial charge in [-0.05, 0) is 104 Å². The van der Waals surface area contributed by atoms with Crippen molar-refractivity contribution in [3.8, 4) is 0 Å². The smallest absolute Gasteiger partial charge is 0.195 e. The molecule has 0 saturated heterocycles. The number of rotatable bonds is 11. The highest BCUT2D eigenvalue weighted by Gasteiger charge is 2.70. The fourth-order valence-corrected chi connectivity index (χ4v) is 39.2. The van der Waals surface area contributed by atoms with Crippen LogP contribution in [0.1, 0.15) is 0 Å². The van der Waals surface area contributed by atoms with E-state index in [1.165, 1.54) is 24.3 Å². The lowest BCUT2D eigenvalue weighted by Gasteiger charge is -2.74. The van der Waals surface area contributed by atoms with E-state index in [0.29, 0.717) is 12.1 Å². The first-order chi connectivity index (χ1) is 27.1. The zero-order valence-electron chi connectivity index (χ0n) is 27.6. The third kappa shape index (κ3) is 8.36. The Bertz CT molecular complexity index is 2580. The molecule has 0 unspecified atom stereocenters. The topological polar surface area (TPSA) is 0 Å². The molecule has 0 aliphatic rings. The standard InChI is InChI=1S/C36H14Cl4F12S6/c37-15-6-16(38)8-18(7-15)53-58(19-11-26(46)32(50)27(47)12-19,56-35-20(39)2-1-3-21(35)40,54-30-5-4-22(42)33(51)34(30)52,55-31-14-24(44)23(43)13-25(31)45)57-36-28(48)9-17(41)10-29(36)49/h1-14H. The monoisotopic (exact) mass is 1010 g/mol. The van der Waals surface area contributed by atoms with Crippen molar-refractivity contribution in [2.75, 3.05) is 0 Å². The average Bonchev–Trinajstić information content (AvgIpc) is 3.13. The lowest BCUT2D eigenvalue weighted by molar-refractivity contribution is 0.435. The Morgan fingerprint density at radius 1 is 0.379 bits per heavy atom. The predicted molar refractivity (Wildman–Crippen MR) is 213 cm³/mol. The molecular weight excluding hydrogens is 995 g/mol. The summed E-state index contributed by atoms with van der Waals surface area (Å²) >= 11 is 26.2. The van der Waals surface area contributed by atoms with Crippen LogP contribution in [0.25, 0.3) is 0 Å². The van der Waals surface area contributed by atoms with Crippen LogP contribution in [0, 0.1) is 69.8 Å². The molecule has 6 aromatic rings. The van der Waals surface area contributed by atoms with Crippen molar-refractivity contribution in [3.63, 3.8) is 0 Å². The van der Waals surface area contributed by atoms with Gasteiger partial charge in [0, 0.05) is 38.0 Å². The van der Waals surface area contributed by atoms with Crippen LogP contribution in [0.15, 0.2) is 114 Å². The molecule has 0 fully saturated rings. The summed E-state index contributed by atoms with van der Waals surface area (Å²) in [7, 11) is 0.102. The molecule has 0 aromatic heterocycles. The fourth-order valence-electron chi connectivity index (χ4n) is 5.02. The minimum atomic E-state index is -6.98. The Labute approximate surface area is 358 Å². The molecule has 0 atom stereocenters. The molecule has 22 heteroatoms. The van der Waals surface area contributed by atoms with E-state index in [-0.39, 0.29) is 115 Å². The summed E-state index contributed by atoms with van der Waals surface area (Å²) in [5.41, 5.74) is 0. The lowest BCUT2D eigenvalue weighted by atomic mass is 10.3. The van der Waals surface area contributed by atoms with E-state index in [9.17, 15) is 13.2 Å². The van der Waals surface area contributed by atoms with Crippen LogP contribution < -0.4 is 0 Å². The van der Waals surface area contributed by atoms with E-state index in [4.69, 9.17) is 46.4 Å². The van der Waals surface area contributed by atoms with Crippen LogP contribution in [0.5, 0.6) is 0 Å². The van der Waals surface area contributed by atoms with Gasteiger partial charge in [-0.15, -0.1) is 0 Å². The molecule has 0 amide bonds. The number of hydrogen-bond acceptors (Lipinski definition) is 5. The summed E-state index contributed by atoms with van der Waals surface area (Å²) in [6, 6.07) is 9.15. The molecule has 0 aliphatic heterocycles. The number of halogens is 16. The molecule has 0 radical (unpaired) electrons. The minimum absolute atomic E-state index is 0.0291. The van der Waals surface area contributed by atoms with Crippen molar-refractivity contribution in [1.82, 2.24) is 0 Å². The van der Waals surface area contributed by atoms with E-state index < -0.39 is 97.7 Å². The Hall–Kier alpha value is -2.26. The highest BCUT2D eigenvalue weighted by Crippen LogP contribution is 3.28. The summed E-state index contributed by atoms with van der Waals surface area (Å²) in [4.78, 5) is -5.08. The molecule has 0 saturated carbocycles. The van der Waals surface area contributed by atoms with Gasteiger partial charge in [0.2, 0.25) is 0 Å². The third-order valence-electron chi connectivity index (χ3n) is 7.46. The third-order valence-corrected chi connectivity index (χ3v) is 37.4. The molecule has 6 aromatic carbocycles. The van der Waals surface area contributed by atoms with Crippen LogP contribution in [0.3, 0.4) is 0 Å². The second-order valence-corrected chi connectivity index (χ2v) is 40.1. The SMILES string of the molecule is Fc1cc(F)c(SS(Sc2cc(Cl)cc(Cl)c2)(Sc2cc(F)c(F)cc2F)(Sc2ccc(F)c(F)c2F)(Sc2c(Cl)cccc2Cl)c2cc(F)c(F)c(F)c2)c(F)c1. The van der Waals surface area contributed by atoms with Crippen molar-refractivity contribution >= 4 is 104 Å². The van der Waals surface area contributed by atoms with Gasteiger partial charge in [-0.1, -0.05) is 66.7 Å². The summed E-state index contributed by atoms with van der Waals surface area (Å²) in [5, 5.41) is -1.13. The quantitative estimate of drug-likeness (QED) is 0.0547. The Morgan fingerprint density at radius 3 is 1.50 bits per heavy atom. The maximum absolute atomic E-state index is 16.4. The molecule has 6 rings (SSSR count). The summed E-state index contributed by atoms with van der Waals surface area (Å²) in [5.74, 6) is -22.4. The highest BCUT2D eigenvalue weighted by atomic mass is 35.5. The first-order valence-electron chi connectivity index (χ1n) is 15.2. The van der Waals surface area contributed by atoms with Gasteiger partial charge >= 0.3 is 0 Å². The zero-order chi connectivity index (χ0) is 42.5. The van der Waals surface area contributed by atoms with Gasteiger partial charge in [-0.25, -0.2) is 52.7 Å². The van der Waals surface area contributed by atoms with E-state index in [2.05, 4.69) is 0 Å². The second kappa shape index (κ2) is 16.5. The zero-order valence-corrected chi connectivity index (χ0v) is 35.5. The molecule has 58 heavy (non-hydrogen) atoms. The predicted octanol–water partition coefficient (Wildman–Crippen LogP) is 17.7. The molecule has 0 heterocycles. The lowest BCUT2D eigenvalue weighted by Crippen LogP contribution is -2.21. The van der Waals surface area contributed by atoms with Gasteiger partial charge in [0.05, 0.1) is 29.6 Å². The van der Waals surface area contributed by atoms with Gasteiger partial charge in [0.25, 0.3) is 0 Å². The van der Waals surface area contributed by atoms with Crippen molar-refractivity contribution in [1.29, 1.82) is 0 Å². The Morgan fingerprint density at radius 2 is 0.914 bits per heavy atom. The van der Waals surface area contributed by atoms with Gasteiger partial charge in [-0.2, -0.15) is 0 Å². The summed E-state index contributed by atoms with van der Waals surface area (Å²) in [6.07, 6.45) is 0. The van der Waals surface area contributed by atoms with Gasteiger partial charge < -0.3 is 0 Å². The molecule has 0 nitrogen and oxygen atoms in total. The second-order valence-electron chi connectivity index (χ2n) is 11.4. The van der Waals surface area contributed by atoms with Crippen molar-refractivity contribution in [2.45, 2.75) is 29.4 Å². The minimum Gasteiger partial charge on any atom is -0.207 e. The van der Waals surface area contributed by atoms with E-state index in [0.717, 1.165) is 12.1 Å². The molecule has 306 valence electrons. The van der Waals surface area contributed by atoms with Gasteiger partial charge in [-0.3, -0.25) is 0 Å². The van der Waals surface area contributed by atoms with Crippen molar-refractivity contribution in [2.24, 2.45) is 0 Å². The first-order valence-corrected chi connectivity index (χ1v) is 25.8. The summed E-state index contributed by atoms with van der Waals surface area (Å²) < 4.78 is 180. The van der Waals surface area contributed by atoms with Crippen LogP contribution in [-0.4, -0.2) is 0 Å². The Balaban J connectivity index is 2.03. The first kappa shape index (κ1) is 45.3. The van der Waals surface area contributed by atoms with Crippen molar-refractivity contribution < 1.29 is 52.7 Å². The molecule has 0 aliphatic carbocycles. The maximum atomic E-state index is 16.4. The van der Waals surface area contributed by atoms with E-state index >= 15 is 39.5 Å². The highest BCUT2D eigenvalue weighted by molar-refractivity contribution is 9.97. The van der Waals surface area contributed by atoms with Crippen molar-refractivity contribution in [3.05, 3.63) is 175 Å². The van der Waals surface area contributed by atoms with Crippen LogP contribution in [0.4, 0.5) is 52.7 Å². The largest absolute Gasteiger partial charge is 0.207 e. The summed E-state index contributed by atoms with van der Waals surface area (Å²) in [6.45, 7) is 0. The average molecular weight is 1010 g/mol. The Kier molecular flexibility index (Phi) is 12.9. The number of benzene rings is 6. The van der Waals surface area contributed by atoms with E-state index in [1.807, 2.05) is 0 Å². The van der Waals surface area contributed by atoms with Crippen LogP contribution in [0.2, 0.25) is 20.1 Å². The normalized spacial score (nSPS) is 13.1. The maximum Gasteiger partial charge on any atom is 0.195 e. The molecular formula is C36H14Cl4F12S6. The molecule has 0 bridgehead atoms. The van der Waals surface area contributed by atoms with Crippen LogP contribution >= 0.6 is 104 Å². The van der Waals surface area contributed by atoms with Gasteiger partial charge in [0.1, 0.15) is 23.3 Å². The van der Waals surface area contributed by atoms with Crippen LogP contribution in [-0.2, 0) is 0 Å². The van der Waals surface area contributed by atoms with E-state index in [1.54, 1.807) is 0 Å². The fraction of sp³-hybridized carbons (Fsp3) is 0. The van der Waals surface area contributed by atoms with Gasteiger partial charge in [0.15, 0.2) is 46.5 Å². The number of hydrogen-bond donors (Lipinski definition) is 0. The molecule has 0 N–H and O–H groups in total.